The summed E-state index contributed by atoms with van der Waals surface area (Å²) < 4.78 is 41.6. The molecule has 2 amide bonds. The van der Waals surface area contributed by atoms with E-state index in [-0.39, 0.29) is 11.3 Å². The molecule has 8 nitrogen and oxygen atoms in total. The number of ketones is 1. The number of carbonyl (C=O) groups excluding carboxylic acids is 3. The number of halogens is 3. The first-order valence-electron chi connectivity index (χ1n) is 12.0. The molecule has 3 aliphatic rings. The van der Waals surface area contributed by atoms with Crippen LogP contribution in [0.5, 0.6) is 0 Å². The van der Waals surface area contributed by atoms with Crippen molar-refractivity contribution < 1.29 is 32.5 Å². The normalized spacial score (nSPS) is 23.5. The summed E-state index contributed by atoms with van der Waals surface area (Å²) in [6, 6.07) is 14.3. The number of hydrogen-bond donors (Lipinski definition) is 0. The number of imide groups is 1. The summed E-state index contributed by atoms with van der Waals surface area (Å²) in [5.41, 5.74) is -0.723. The number of fused-ring (bicyclic) bond motifs is 5. The van der Waals surface area contributed by atoms with Gasteiger partial charge in [0, 0.05) is 23.9 Å². The fourth-order valence-corrected chi connectivity index (χ4v) is 5.95. The van der Waals surface area contributed by atoms with E-state index in [4.69, 9.17) is 0 Å². The molecule has 2 fully saturated rings. The molecule has 0 unspecified atom stereocenters. The van der Waals surface area contributed by atoms with Gasteiger partial charge in [-0.05, 0) is 29.3 Å². The van der Waals surface area contributed by atoms with Gasteiger partial charge in [-0.1, -0.05) is 48.5 Å². The monoisotopic (exact) mass is 533 g/mol. The predicted molar refractivity (Wildman–Crippen MR) is 132 cm³/mol. The summed E-state index contributed by atoms with van der Waals surface area (Å²) >= 11 is 0. The molecule has 3 aliphatic heterocycles. The van der Waals surface area contributed by atoms with Gasteiger partial charge in [0.05, 0.1) is 34.1 Å². The Balaban J connectivity index is 1.51. The highest BCUT2D eigenvalue weighted by atomic mass is 19.4. The number of nitrogens with zero attached hydrogens (tertiary/aromatic N) is 3. The Kier molecular flexibility index (Phi) is 5.42. The predicted octanol–water partition coefficient (Wildman–Crippen LogP) is 5.01. The Morgan fingerprint density at radius 2 is 1.59 bits per heavy atom. The van der Waals surface area contributed by atoms with E-state index in [1.165, 1.54) is 24.3 Å². The van der Waals surface area contributed by atoms with Crippen LogP contribution in [0.15, 0.2) is 79.0 Å². The molecule has 4 atom stereocenters. The van der Waals surface area contributed by atoms with E-state index in [1.54, 1.807) is 41.4 Å². The van der Waals surface area contributed by atoms with Crippen LogP contribution in [0.1, 0.15) is 33.1 Å². The van der Waals surface area contributed by atoms with Crippen molar-refractivity contribution in [3.63, 3.8) is 0 Å². The quantitative estimate of drug-likeness (QED) is 0.202. The third-order valence-corrected chi connectivity index (χ3v) is 7.52. The van der Waals surface area contributed by atoms with Crippen molar-refractivity contribution in [2.75, 3.05) is 4.90 Å². The Labute approximate surface area is 219 Å². The number of benzene rings is 3. The molecule has 39 heavy (non-hydrogen) atoms. The van der Waals surface area contributed by atoms with Gasteiger partial charge in [0.1, 0.15) is 6.04 Å². The lowest BCUT2D eigenvalue weighted by Crippen LogP contribution is -2.44. The van der Waals surface area contributed by atoms with Crippen LogP contribution in [0, 0.1) is 22.0 Å². The minimum atomic E-state index is -4.83. The van der Waals surface area contributed by atoms with Crippen LogP contribution in [-0.4, -0.2) is 33.5 Å². The molecular formula is C28H18F3N3O5. The van der Waals surface area contributed by atoms with Gasteiger partial charge in [-0.3, -0.25) is 24.5 Å². The minimum absolute atomic E-state index is 0.0461. The molecule has 0 radical (unpaired) electrons. The molecule has 3 aromatic carbocycles. The highest BCUT2D eigenvalue weighted by Gasteiger charge is 2.65. The standard InChI is InChI=1S/C28H18F3N3O5/c29-28(30,31)19-10-3-4-11-20(19)33-26(36)21-22(27(33)37)24(25(35)16-7-5-8-17(14-16)34(38)39)32-13-12-15-6-1-2-9-18(15)23(21)32/h1-14,21-24H/t21-,22-,23-,24+/m0/s1. The van der Waals surface area contributed by atoms with E-state index in [0.29, 0.717) is 10.5 Å². The van der Waals surface area contributed by atoms with Crippen molar-refractivity contribution in [2.45, 2.75) is 18.3 Å². The molecule has 6 rings (SSSR count). The molecule has 2 saturated heterocycles. The maximum absolute atomic E-state index is 13.9. The van der Waals surface area contributed by atoms with Crippen molar-refractivity contribution in [3.05, 3.63) is 111 Å². The molecular weight excluding hydrogens is 515 g/mol. The highest BCUT2D eigenvalue weighted by Crippen LogP contribution is 2.54. The molecule has 196 valence electrons. The van der Waals surface area contributed by atoms with Gasteiger partial charge in [-0.15, -0.1) is 0 Å². The fraction of sp³-hybridized carbons (Fsp3) is 0.179. The average molecular weight is 533 g/mol. The highest BCUT2D eigenvalue weighted by molar-refractivity contribution is 6.25. The van der Waals surface area contributed by atoms with E-state index < -0.39 is 63.9 Å². The van der Waals surface area contributed by atoms with Gasteiger partial charge in [-0.25, -0.2) is 4.90 Å². The van der Waals surface area contributed by atoms with E-state index in [9.17, 15) is 37.7 Å². The summed E-state index contributed by atoms with van der Waals surface area (Å²) in [6.07, 6.45) is -1.51. The number of nitro benzene ring substituents is 1. The molecule has 0 saturated carbocycles. The number of non-ortho nitro benzene ring substituents is 1. The first kappa shape index (κ1) is 24.5. The Morgan fingerprint density at radius 3 is 2.33 bits per heavy atom. The number of alkyl halides is 3. The number of Topliss-reactive ketones (excluding diaryl/α,β-unsaturated/α-hetero) is 1. The first-order chi connectivity index (χ1) is 18.6. The maximum Gasteiger partial charge on any atom is 0.418 e. The van der Waals surface area contributed by atoms with E-state index in [1.807, 2.05) is 0 Å². The number of hydrogen-bond acceptors (Lipinski definition) is 6. The van der Waals surface area contributed by atoms with Crippen LogP contribution >= 0.6 is 0 Å². The fourth-order valence-electron chi connectivity index (χ4n) is 5.95. The molecule has 0 spiro atoms. The second-order valence-corrected chi connectivity index (χ2v) is 9.53. The first-order valence-corrected chi connectivity index (χ1v) is 12.0. The maximum atomic E-state index is 13.9. The zero-order valence-electron chi connectivity index (χ0n) is 19.9. The van der Waals surface area contributed by atoms with Crippen molar-refractivity contribution in [1.82, 2.24) is 4.90 Å². The third-order valence-electron chi connectivity index (χ3n) is 7.52. The van der Waals surface area contributed by atoms with Crippen molar-refractivity contribution in [2.24, 2.45) is 11.8 Å². The summed E-state index contributed by atoms with van der Waals surface area (Å²) in [4.78, 5) is 54.4. The SMILES string of the molecule is O=C(c1cccc([N+](=O)[O-])c1)[C@H]1[C@H]2C(=O)N(c3ccccc3C(F)(F)F)C(=O)[C@@H]2[C@@H]2c3ccccc3C=CN12. The van der Waals surface area contributed by atoms with Gasteiger partial charge in [-0.2, -0.15) is 13.2 Å². The topological polar surface area (TPSA) is 101 Å². The molecule has 3 aromatic rings. The molecule has 11 heteroatoms. The number of rotatable bonds is 4. The van der Waals surface area contributed by atoms with Crippen molar-refractivity contribution in [3.8, 4) is 0 Å². The van der Waals surface area contributed by atoms with E-state index in [2.05, 4.69) is 0 Å². The lowest BCUT2D eigenvalue weighted by molar-refractivity contribution is -0.384. The molecule has 0 aliphatic carbocycles. The van der Waals surface area contributed by atoms with Gasteiger partial charge < -0.3 is 4.90 Å². The summed E-state index contributed by atoms with van der Waals surface area (Å²) in [7, 11) is 0. The Morgan fingerprint density at radius 1 is 0.897 bits per heavy atom. The van der Waals surface area contributed by atoms with Crippen molar-refractivity contribution in [1.29, 1.82) is 0 Å². The minimum Gasteiger partial charge on any atom is -0.358 e. The number of amides is 2. The zero-order valence-corrected chi connectivity index (χ0v) is 19.9. The lowest BCUT2D eigenvalue weighted by Gasteiger charge is -2.35. The lowest BCUT2D eigenvalue weighted by atomic mass is 9.83. The molecule has 0 N–H and O–H groups in total. The van der Waals surface area contributed by atoms with E-state index >= 15 is 0 Å². The van der Waals surface area contributed by atoms with Gasteiger partial charge >= 0.3 is 6.18 Å². The number of nitro groups is 1. The number of para-hydroxylation sites is 1. The largest absolute Gasteiger partial charge is 0.418 e. The van der Waals surface area contributed by atoms with Crippen LogP contribution in [-0.2, 0) is 15.8 Å². The van der Waals surface area contributed by atoms with Gasteiger partial charge in [0.25, 0.3) is 5.69 Å². The van der Waals surface area contributed by atoms with Crippen LogP contribution in [0.2, 0.25) is 0 Å². The van der Waals surface area contributed by atoms with E-state index in [0.717, 1.165) is 29.8 Å². The molecule has 0 bridgehead atoms. The molecule has 0 aromatic heterocycles. The zero-order chi connectivity index (χ0) is 27.6. The summed E-state index contributed by atoms with van der Waals surface area (Å²) in [5, 5.41) is 11.3. The Bertz CT molecular complexity index is 1600. The summed E-state index contributed by atoms with van der Waals surface area (Å²) in [6.45, 7) is 0. The summed E-state index contributed by atoms with van der Waals surface area (Å²) in [5.74, 6) is -4.88. The van der Waals surface area contributed by atoms with Crippen LogP contribution in [0.3, 0.4) is 0 Å². The van der Waals surface area contributed by atoms with Crippen LogP contribution < -0.4 is 4.90 Å². The molecule has 3 heterocycles. The number of carbonyl (C=O) groups is 3. The average Bonchev–Trinajstić information content (AvgIpc) is 3.40. The van der Waals surface area contributed by atoms with Crippen molar-refractivity contribution >= 4 is 35.0 Å². The number of anilines is 1. The second kappa shape index (κ2) is 8.62. The second-order valence-electron chi connectivity index (χ2n) is 9.53. The van der Waals surface area contributed by atoms with Gasteiger partial charge in [0.15, 0.2) is 5.78 Å². The van der Waals surface area contributed by atoms with Crippen LogP contribution in [0.4, 0.5) is 24.5 Å². The Hall–Kier alpha value is -4.80. The van der Waals surface area contributed by atoms with Crippen LogP contribution in [0.25, 0.3) is 6.08 Å². The van der Waals surface area contributed by atoms with Gasteiger partial charge in [0.2, 0.25) is 11.8 Å². The third kappa shape index (κ3) is 3.64. The smallest absolute Gasteiger partial charge is 0.358 e.